The molecule has 1 atom stereocenters. The molecule has 0 radical (unpaired) electrons. The van der Waals surface area contributed by atoms with Crippen molar-refractivity contribution in [2.24, 2.45) is 5.92 Å². The van der Waals surface area contributed by atoms with Gasteiger partial charge in [0.25, 0.3) is 5.91 Å². The molecule has 0 spiro atoms. The Labute approximate surface area is 150 Å². The number of amides is 1. The number of hydrogen-bond donors (Lipinski definition) is 2. The van der Waals surface area contributed by atoms with Gasteiger partial charge in [-0.2, -0.15) is 0 Å². The van der Waals surface area contributed by atoms with E-state index in [1.54, 1.807) is 35.6 Å². The molecule has 1 aromatic carbocycles. The summed E-state index contributed by atoms with van der Waals surface area (Å²) >= 11 is 0. The van der Waals surface area contributed by atoms with Crippen molar-refractivity contribution in [1.82, 2.24) is 25.1 Å². The van der Waals surface area contributed by atoms with Crippen LogP contribution >= 0.6 is 0 Å². The molecule has 1 fully saturated rings. The molecule has 7 heteroatoms. The fraction of sp³-hybridized carbons (Fsp3) is 0.263. The number of nitrogens with zero attached hydrogens (tertiary/aromatic N) is 4. The van der Waals surface area contributed by atoms with Gasteiger partial charge in [0, 0.05) is 17.4 Å². The van der Waals surface area contributed by atoms with Crippen molar-refractivity contribution < 1.29 is 9.90 Å². The van der Waals surface area contributed by atoms with E-state index in [2.05, 4.69) is 20.5 Å². The Morgan fingerprint density at radius 2 is 1.96 bits per heavy atom. The molecule has 4 rings (SSSR count). The summed E-state index contributed by atoms with van der Waals surface area (Å²) in [6.07, 6.45) is 5.94. The number of aliphatic hydroxyl groups is 1. The monoisotopic (exact) mass is 349 g/mol. The predicted octanol–water partition coefficient (Wildman–Crippen LogP) is 1.90. The van der Waals surface area contributed by atoms with Crippen molar-refractivity contribution in [3.63, 3.8) is 0 Å². The highest BCUT2D eigenvalue weighted by Gasteiger charge is 2.36. The van der Waals surface area contributed by atoms with Crippen LogP contribution in [0, 0.1) is 5.92 Å². The largest absolute Gasteiger partial charge is 0.393 e. The van der Waals surface area contributed by atoms with Crippen molar-refractivity contribution in [1.29, 1.82) is 0 Å². The van der Waals surface area contributed by atoms with Crippen LogP contribution < -0.4 is 5.32 Å². The van der Waals surface area contributed by atoms with Crippen LogP contribution in [0.4, 0.5) is 0 Å². The lowest BCUT2D eigenvalue weighted by molar-refractivity contribution is 0.0228. The van der Waals surface area contributed by atoms with Crippen molar-refractivity contribution in [3.05, 3.63) is 72.6 Å². The van der Waals surface area contributed by atoms with Gasteiger partial charge in [-0.25, -0.2) is 0 Å². The molecule has 1 aliphatic carbocycles. The zero-order chi connectivity index (χ0) is 17.9. The predicted molar refractivity (Wildman–Crippen MR) is 94.5 cm³/mol. The number of rotatable bonds is 5. The lowest BCUT2D eigenvalue weighted by Crippen LogP contribution is -2.41. The first-order valence-corrected chi connectivity index (χ1v) is 8.55. The van der Waals surface area contributed by atoms with Crippen molar-refractivity contribution in [3.8, 4) is 5.69 Å². The Bertz CT molecular complexity index is 876. The van der Waals surface area contributed by atoms with Gasteiger partial charge in [-0.05, 0) is 49.1 Å². The number of aromatic nitrogens is 4. The second kappa shape index (κ2) is 7.05. The first kappa shape index (κ1) is 16.4. The third kappa shape index (κ3) is 3.34. The molecular weight excluding hydrogens is 330 g/mol. The number of hydrogen-bond acceptors (Lipinski definition) is 5. The Morgan fingerprint density at radius 3 is 2.65 bits per heavy atom. The minimum absolute atomic E-state index is 0.169. The third-order valence-electron chi connectivity index (χ3n) is 4.74. The molecule has 1 amide bonds. The number of carbonyl (C=O) groups is 1. The summed E-state index contributed by atoms with van der Waals surface area (Å²) in [5, 5.41) is 20.3. The maximum Gasteiger partial charge on any atom is 0.251 e. The van der Waals surface area contributed by atoms with E-state index >= 15 is 0 Å². The van der Waals surface area contributed by atoms with Gasteiger partial charge in [-0.1, -0.05) is 12.1 Å². The van der Waals surface area contributed by atoms with Gasteiger partial charge in [-0.15, -0.1) is 10.2 Å². The minimum atomic E-state index is -0.291. The molecule has 0 unspecified atom stereocenters. The van der Waals surface area contributed by atoms with Crippen LogP contribution in [0.1, 0.15) is 34.9 Å². The highest BCUT2D eigenvalue weighted by molar-refractivity contribution is 5.95. The topological polar surface area (TPSA) is 92.9 Å². The quantitative estimate of drug-likeness (QED) is 0.734. The molecule has 3 aromatic rings. The molecule has 2 aromatic heterocycles. The molecule has 1 aliphatic rings. The van der Waals surface area contributed by atoms with E-state index in [0.29, 0.717) is 18.4 Å². The van der Waals surface area contributed by atoms with Crippen LogP contribution in [0.5, 0.6) is 0 Å². The second-order valence-electron chi connectivity index (χ2n) is 6.51. The number of nitrogens with one attached hydrogen (secondary N) is 1. The van der Waals surface area contributed by atoms with Crippen LogP contribution in [-0.2, 0) is 0 Å². The molecular formula is C19H19N5O2. The summed E-state index contributed by atoms with van der Waals surface area (Å²) in [4.78, 5) is 17.2. The Balaban J connectivity index is 1.56. The number of benzene rings is 1. The maximum atomic E-state index is 12.8. The smallest absolute Gasteiger partial charge is 0.251 e. The number of pyridine rings is 1. The number of carbonyl (C=O) groups excluding carboxylic acids is 1. The first-order chi connectivity index (χ1) is 12.7. The molecule has 0 bridgehead atoms. The first-order valence-electron chi connectivity index (χ1n) is 8.55. The second-order valence-corrected chi connectivity index (χ2v) is 6.51. The van der Waals surface area contributed by atoms with E-state index < -0.39 is 0 Å². The van der Waals surface area contributed by atoms with Gasteiger partial charge in [0.1, 0.15) is 12.7 Å². The number of aliphatic hydroxyl groups excluding tert-OH is 1. The summed E-state index contributed by atoms with van der Waals surface area (Å²) in [7, 11) is 0. The molecule has 7 nitrogen and oxygen atoms in total. The molecule has 2 N–H and O–H groups in total. The van der Waals surface area contributed by atoms with E-state index in [-0.39, 0.29) is 24.0 Å². The zero-order valence-corrected chi connectivity index (χ0v) is 14.1. The summed E-state index contributed by atoms with van der Waals surface area (Å²) in [6.45, 7) is 0. The molecule has 132 valence electrons. The van der Waals surface area contributed by atoms with Gasteiger partial charge in [0.05, 0.1) is 17.8 Å². The Hall–Kier alpha value is -3.06. The van der Waals surface area contributed by atoms with Crippen LogP contribution in [0.2, 0.25) is 0 Å². The normalized spacial score (nSPS) is 20.2. The summed E-state index contributed by atoms with van der Waals surface area (Å²) < 4.78 is 1.75. The van der Waals surface area contributed by atoms with E-state index in [0.717, 1.165) is 11.4 Å². The van der Waals surface area contributed by atoms with E-state index in [9.17, 15) is 9.90 Å². The highest BCUT2D eigenvalue weighted by atomic mass is 16.3. The molecule has 26 heavy (non-hydrogen) atoms. The Morgan fingerprint density at radius 1 is 1.15 bits per heavy atom. The van der Waals surface area contributed by atoms with Crippen molar-refractivity contribution >= 4 is 5.91 Å². The summed E-state index contributed by atoms with van der Waals surface area (Å²) in [6, 6.07) is 12.7. The summed E-state index contributed by atoms with van der Waals surface area (Å²) in [5.41, 5.74) is 2.18. The maximum absolute atomic E-state index is 12.8. The van der Waals surface area contributed by atoms with Gasteiger partial charge < -0.3 is 10.4 Å². The molecule has 0 aliphatic heterocycles. The fourth-order valence-electron chi connectivity index (χ4n) is 3.26. The van der Waals surface area contributed by atoms with Crippen LogP contribution in [0.25, 0.3) is 5.69 Å². The lowest BCUT2D eigenvalue weighted by atomic mass is 9.76. The van der Waals surface area contributed by atoms with Crippen LogP contribution in [-0.4, -0.2) is 36.9 Å². The standard InChI is InChI=1S/C19H19N5O2/c25-16-9-14(10-16)18(17-6-1-2-7-20-17)23-19(26)13-4-3-5-15(8-13)24-11-21-22-12-24/h1-8,11-12,14,16,18,25H,9-10H2,(H,23,26)/t14?,16?,18-/m0/s1. The third-order valence-corrected chi connectivity index (χ3v) is 4.74. The Kier molecular flexibility index (Phi) is 4.45. The molecule has 0 saturated heterocycles. The van der Waals surface area contributed by atoms with E-state index in [4.69, 9.17) is 0 Å². The summed E-state index contributed by atoms with van der Waals surface area (Å²) in [5.74, 6) is 0.0156. The van der Waals surface area contributed by atoms with E-state index in [1.165, 1.54) is 0 Å². The van der Waals surface area contributed by atoms with Crippen LogP contribution in [0.15, 0.2) is 61.3 Å². The average Bonchev–Trinajstić information content (AvgIpc) is 3.19. The van der Waals surface area contributed by atoms with Gasteiger partial charge in [0.2, 0.25) is 0 Å². The average molecular weight is 349 g/mol. The van der Waals surface area contributed by atoms with Crippen molar-refractivity contribution in [2.75, 3.05) is 0 Å². The molecule has 2 heterocycles. The SMILES string of the molecule is O=C(N[C@H](c1ccccn1)C1CC(O)C1)c1cccc(-n2cnnc2)c1. The minimum Gasteiger partial charge on any atom is -0.393 e. The molecule has 1 saturated carbocycles. The van der Waals surface area contributed by atoms with Gasteiger partial charge in [0.15, 0.2) is 0 Å². The van der Waals surface area contributed by atoms with Gasteiger partial charge >= 0.3 is 0 Å². The zero-order valence-electron chi connectivity index (χ0n) is 14.1. The van der Waals surface area contributed by atoms with Gasteiger partial charge in [-0.3, -0.25) is 14.3 Å². The van der Waals surface area contributed by atoms with Crippen LogP contribution in [0.3, 0.4) is 0 Å². The highest BCUT2D eigenvalue weighted by Crippen LogP contribution is 2.37. The van der Waals surface area contributed by atoms with Crippen molar-refractivity contribution in [2.45, 2.75) is 25.0 Å². The van der Waals surface area contributed by atoms with E-state index in [1.807, 2.05) is 30.3 Å². The lowest BCUT2D eigenvalue weighted by Gasteiger charge is -2.37. The fourth-order valence-corrected chi connectivity index (χ4v) is 3.26.